The number of amides is 1. The van der Waals surface area contributed by atoms with Gasteiger partial charge in [-0.2, -0.15) is 5.26 Å². The molecule has 0 bridgehead atoms. The molecule has 0 aliphatic heterocycles. The third-order valence-corrected chi connectivity index (χ3v) is 3.56. The average Bonchev–Trinajstić information content (AvgIpc) is 2.60. The third kappa shape index (κ3) is 5.13. The summed E-state index contributed by atoms with van der Waals surface area (Å²) in [5, 5.41) is 11.2. The number of carbonyl (C=O) groups excluding carboxylic acids is 1. The van der Waals surface area contributed by atoms with Gasteiger partial charge in [0.15, 0.2) is 6.10 Å². The van der Waals surface area contributed by atoms with Crippen LogP contribution in [0, 0.1) is 17.2 Å². The van der Waals surface area contributed by atoms with Gasteiger partial charge in [0.2, 0.25) is 0 Å². The SMILES string of the molecule is CC(C)CC(Oc1ccc(-c2ccccc2)cc1)C(=O)NCC#N. The second kappa shape index (κ2) is 8.73. The number of hydrogen-bond acceptors (Lipinski definition) is 3. The van der Waals surface area contributed by atoms with Crippen molar-refractivity contribution in [3.8, 4) is 22.9 Å². The highest BCUT2D eigenvalue weighted by atomic mass is 16.5. The molecule has 0 spiro atoms. The summed E-state index contributed by atoms with van der Waals surface area (Å²) in [6.07, 6.45) is -0.00143. The van der Waals surface area contributed by atoms with Crippen LogP contribution in [0.3, 0.4) is 0 Å². The summed E-state index contributed by atoms with van der Waals surface area (Å²) in [5.41, 5.74) is 2.23. The van der Waals surface area contributed by atoms with E-state index in [1.54, 1.807) is 0 Å². The first kappa shape index (κ1) is 17.6. The van der Waals surface area contributed by atoms with Gasteiger partial charge >= 0.3 is 0 Å². The zero-order chi connectivity index (χ0) is 17.4. The van der Waals surface area contributed by atoms with Crippen molar-refractivity contribution in [3.05, 3.63) is 54.6 Å². The van der Waals surface area contributed by atoms with Crippen molar-refractivity contribution < 1.29 is 9.53 Å². The molecule has 4 heteroatoms. The summed E-state index contributed by atoms with van der Waals surface area (Å²) in [5.74, 6) is 0.705. The van der Waals surface area contributed by atoms with Crippen molar-refractivity contribution >= 4 is 5.91 Å². The van der Waals surface area contributed by atoms with Crippen LogP contribution in [0.2, 0.25) is 0 Å². The van der Waals surface area contributed by atoms with Crippen molar-refractivity contribution in [1.82, 2.24) is 5.32 Å². The highest BCUT2D eigenvalue weighted by Crippen LogP contribution is 2.23. The molecule has 0 aliphatic rings. The number of hydrogen-bond donors (Lipinski definition) is 1. The topological polar surface area (TPSA) is 62.1 Å². The molecule has 2 aromatic rings. The Hall–Kier alpha value is -2.80. The van der Waals surface area contributed by atoms with Gasteiger partial charge in [0, 0.05) is 0 Å². The van der Waals surface area contributed by atoms with Crippen LogP contribution in [0.15, 0.2) is 54.6 Å². The minimum Gasteiger partial charge on any atom is -0.481 e. The molecule has 0 fully saturated rings. The van der Waals surface area contributed by atoms with E-state index in [9.17, 15) is 4.79 Å². The molecular weight excluding hydrogens is 300 g/mol. The monoisotopic (exact) mass is 322 g/mol. The van der Waals surface area contributed by atoms with Crippen molar-refractivity contribution in [2.75, 3.05) is 6.54 Å². The maximum absolute atomic E-state index is 12.1. The van der Waals surface area contributed by atoms with Gasteiger partial charge < -0.3 is 10.1 Å². The smallest absolute Gasteiger partial charge is 0.261 e. The van der Waals surface area contributed by atoms with E-state index in [2.05, 4.69) is 5.32 Å². The van der Waals surface area contributed by atoms with E-state index in [1.165, 1.54) is 0 Å². The van der Waals surface area contributed by atoms with Gasteiger partial charge in [0.25, 0.3) is 5.91 Å². The highest BCUT2D eigenvalue weighted by Gasteiger charge is 2.21. The Morgan fingerprint density at radius 3 is 2.29 bits per heavy atom. The fourth-order valence-electron chi connectivity index (χ4n) is 2.40. The minimum atomic E-state index is -0.596. The van der Waals surface area contributed by atoms with E-state index in [0.717, 1.165) is 11.1 Å². The number of benzene rings is 2. The molecule has 24 heavy (non-hydrogen) atoms. The molecule has 0 aliphatic carbocycles. The van der Waals surface area contributed by atoms with E-state index >= 15 is 0 Å². The summed E-state index contributed by atoms with van der Waals surface area (Å²) in [6.45, 7) is 4.06. The van der Waals surface area contributed by atoms with Crippen LogP contribution in [0.1, 0.15) is 20.3 Å². The molecule has 1 atom stereocenters. The summed E-state index contributed by atoms with van der Waals surface area (Å²) >= 11 is 0. The fourth-order valence-corrected chi connectivity index (χ4v) is 2.40. The quantitative estimate of drug-likeness (QED) is 0.789. The van der Waals surface area contributed by atoms with Crippen molar-refractivity contribution in [2.45, 2.75) is 26.4 Å². The van der Waals surface area contributed by atoms with Gasteiger partial charge in [-0.05, 0) is 35.6 Å². The Morgan fingerprint density at radius 2 is 1.71 bits per heavy atom. The second-order valence-corrected chi connectivity index (χ2v) is 6.00. The molecular formula is C20H22N2O2. The standard InChI is InChI=1S/C20H22N2O2/c1-15(2)14-19(20(23)22-13-12-21)24-18-10-8-17(9-11-18)16-6-4-3-5-7-16/h3-11,15,19H,13-14H2,1-2H3,(H,22,23). The van der Waals surface area contributed by atoms with E-state index in [1.807, 2.05) is 74.5 Å². The summed E-state index contributed by atoms with van der Waals surface area (Å²) in [6, 6.07) is 19.7. The van der Waals surface area contributed by atoms with Crippen LogP contribution in [0.4, 0.5) is 0 Å². The normalized spacial score (nSPS) is 11.6. The second-order valence-electron chi connectivity index (χ2n) is 6.00. The van der Waals surface area contributed by atoms with E-state index in [0.29, 0.717) is 18.1 Å². The summed E-state index contributed by atoms with van der Waals surface area (Å²) in [7, 11) is 0. The molecule has 1 amide bonds. The number of nitrogens with one attached hydrogen (secondary N) is 1. The van der Waals surface area contributed by atoms with E-state index < -0.39 is 6.10 Å². The van der Waals surface area contributed by atoms with Gasteiger partial charge in [-0.25, -0.2) is 0 Å². The van der Waals surface area contributed by atoms with Crippen LogP contribution >= 0.6 is 0 Å². The number of carbonyl (C=O) groups is 1. The van der Waals surface area contributed by atoms with Gasteiger partial charge in [-0.15, -0.1) is 0 Å². The van der Waals surface area contributed by atoms with E-state index in [4.69, 9.17) is 10.00 Å². The lowest BCUT2D eigenvalue weighted by Crippen LogP contribution is -2.39. The molecule has 0 heterocycles. The number of ether oxygens (including phenoxy) is 1. The lowest BCUT2D eigenvalue weighted by molar-refractivity contribution is -0.128. The molecule has 0 saturated heterocycles. The largest absolute Gasteiger partial charge is 0.481 e. The van der Waals surface area contributed by atoms with Crippen LogP contribution in [0.5, 0.6) is 5.75 Å². The molecule has 1 N–H and O–H groups in total. The molecule has 0 radical (unpaired) electrons. The zero-order valence-electron chi connectivity index (χ0n) is 14.0. The molecule has 1 unspecified atom stereocenters. The average molecular weight is 322 g/mol. The Morgan fingerprint density at radius 1 is 1.08 bits per heavy atom. The first-order valence-corrected chi connectivity index (χ1v) is 8.07. The summed E-state index contributed by atoms with van der Waals surface area (Å²) in [4.78, 5) is 12.1. The Kier molecular flexibility index (Phi) is 6.39. The molecule has 0 aromatic heterocycles. The summed E-state index contributed by atoms with van der Waals surface area (Å²) < 4.78 is 5.85. The van der Waals surface area contributed by atoms with Crippen molar-refractivity contribution in [3.63, 3.8) is 0 Å². The predicted octanol–water partition coefficient (Wildman–Crippen LogP) is 3.79. The third-order valence-electron chi connectivity index (χ3n) is 3.56. The number of nitrogens with zero attached hydrogens (tertiary/aromatic N) is 1. The van der Waals surface area contributed by atoms with Gasteiger partial charge in [0.05, 0.1) is 6.07 Å². The molecule has 2 aromatic carbocycles. The molecule has 0 saturated carbocycles. The first-order chi connectivity index (χ1) is 11.6. The van der Waals surface area contributed by atoms with Crippen LogP contribution < -0.4 is 10.1 Å². The number of rotatable bonds is 7. The number of nitriles is 1. The maximum Gasteiger partial charge on any atom is 0.261 e. The van der Waals surface area contributed by atoms with Crippen LogP contribution in [-0.4, -0.2) is 18.6 Å². The Labute approximate surface area is 143 Å². The fraction of sp³-hybridized carbons (Fsp3) is 0.300. The van der Waals surface area contributed by atoms with Gasteiger partial charge in [-0.1, -0.05) is 56.3 Å². The predicted molar refractivity (Wildman–Crippen MR) is 94.4 cm³/mol. The Bertz CT molecular complexity index is 688. The lowest BCUT2D eigenvalue weighted by Gasteiger charge is -2.20. The van der Waals surface area contributed by atoms with Crippen molar-refractivity contribution in [1.29, 1.82) is 5.26 Å². The van der Waals surface area contributed by atoms with Crippen molar-refractivity contribution in [2.24, 2.45) is 5.92 Å². The van der Waals surface area contributed by atoms with Crippen LogP contribution in [0.25, 0.3) is 11.1 Å². The van der Waals surface area contributed by atoms with E-state index in [-0.39, 0.29) is 12.5 Å². The van der Waals surface area contributed by atoms with Crippen LogP contribution in [-0.2, 0) is 4.79 Å². The molecule has 124 valence electrons. The lowest BCUT2D eigenvalue weighted by atomic mass is 10.0. The molecule has 2 rings (SSSR count). The maximum atomic E-state index is 12.1. The minimum absolute atomic E-state index is 0.0102. The van der Waals surface area contributed by atoms with Gasteiger partial charge in [0.1, 0.15) is 12.3 Å². The highest BCUT2D eigenvalue weighted by molar-refractivity contribution is 5.81. The molecule has 4 nitrogen and oxygen atoms in total. The van der Waals surface area contributed by atoms with Gasteiger partial charge in [-0.3, -0.25) is 4.79 Å². The first-order valence-electron chi connectivity index (χ1n) is 8.07. The Balaban J connectivity index is 2.08. The zero-order valence-corrected chi connectivity index (χ0v) is 14.0.